The first-order valence-electron chi connectivity index (χ1n) is 4.74. The minimum atomic E-state index is 0.663. The second-order valence-electron chi connectivity index (χ2n) is 3.27. The topological polar surface area (TPSA) is 9.23 Å². The molecule has 0 aliphatic carbocycles. The van der Waals surface area contributed by atoms with Crippen LogP contribution in [-0.2, 0) is 4.74 Å². The van der Waals surface area contributed by atoms with Crippen molar-refractivity contribution in [2.75, 3.05) is 13.2 Å². The molecule has 0 bridgehead atoms. The lowest BCUT2D eigenvalue weighted by molar-refractivity contribution is 0.101. The average Bonchev–Trinajstić information content (AvgIpc) is 2.21. The van der Waals surface area contributed by atoms with E-state index >= 15 is 0 Å². The second kappa shape index (κ2) is 4.68. The van der Waals surface area contributed by atoms with E-state index in [1.54, 1.807) is 0 Å². The molecule has 1 atom stereocenters. The minimum absolute atomic E-state index is 0.663. The van der Waals surface area contributed by atoms with Crippen molar-refractivity contribution in [2.45, 2.75) is 23.0 Å². The van der Waals surface area contributed by atoms with Crippen LogP contribution in [0.15, 0.2) is 35.2 Å². The van der Waals surface area contributed by atoms with E-state index in [9.17, 15) is 0 Å². The summed E-state index contributed by atoms with van der Waals surface area (Å²) in [5, 5.41) is 0.663. The van der Waals surface area contributed by atoms with Crippen molar-refractivity contribution in [3.05, 3.63) is 30.3 Å². The predicted octanol–water partition coefficient (Wildman–Crippen LogP) is 2.96. The largest absolute Gasteiger partial charge is 0.380 e. The zero-order valence-corrected chi connectivity index (χ0v) is 8.43. The summed E-state index contributed by atoms with van der Waals surface area (Å²) in [6, 6.07) is 10.6. The highest BCUT2D eigenvalue weighted by molar-refractivity contribution is 8.00. The van der Waals surface area contributed by atoms with Crippen molar-refractivity contribution < 1.29 is 4.74 Å². The number of hydrogen-bond donors (Lipinski definition) is 0. The Kier molecular flexibility index (Phi) is 3.27. The second-order valence-corrected chi connectivity index (χ2v) is 4.64. The van der Waals surface area contributed by atoms with Gasteiger partial charge in [0.15, 0.2) is 0 Å². The third kappa shape index (κ3) is 2.75. The zero-order chi connectivity index (χ0) is 8.93. The summed E-state index contributed by atoms with van der Waals surface area (Å²) in [5.74, 6) is 0. The van der Waals surface area contributed by atoms with E-state index in [4.69, 9.17) is 4.74 Å². The fourth-order valence-electron chi connectivity index (χ4n) is 1.50. The van der Waals surface area contributed by atoms with Crippen molar-refractivity contribution >= 4 is 11.8 Å². The van der Waals surface area contributed by atoms with Gasteiger partial charge in [0.25, 0.3) is 0 Å². The molecule has 0 amide bonds. The van der Waals surface area contributed by atoms with Crippen molar-refractivity contribution in [2.24, 2.45) is 0 Å². The highest BCUT2D eigenvalue weighted by Crippen LogP contribution is 2.27. The standard InChI is InChI=1S/C11H14OS/c1-2-5-10(6-3-1)13-11-7-4-8-12-9-11/h1-3,5-6,11H,4,7-9H2. The van der Waals surface area contributed by atoms with Gasteiger partial charge in [0.05, 0.1) is 6.61 Å². The van der Waals surface area contributed by atoms with E-state index in [-0.39, 0.29) is 0 Å². The molecule has 70 valence electrons. The number of benzene rings is 1. The van der Waals surface area contributed by atoms with Gasteiger partial charge >= 0.3 is 0 Å². The third-order valence-corrected chi connectivity index (χ3v) is 3.41. The van der Waals surface area contributed by atoms with Crippen LogP contribution in [0.3, 0.4) is 0 Å². The molecular formula is C11H14OS. The number of rotatable bonds is 2. The van der Waals surface area contributed by atoms with Gasteiger partial charge < -0.3 is 4.74 Å². The van der Waals surface area contributed by atoms with Gasteiger partial charge in [-0.2, -0.15) is 0 Å². The molecule has 0 aromatic heterocycles. The smallest absolute Gasteiger partial charge is 0.0588 e. The number of hydrogen-bond acceptors (Lipinski definition) is 2. The molecule has 1 heterocycles. The molecule has 1 unspecified atom stereocenters. The quantitative estimate of drug-likeness (QED) is 0.716. The Bertz CT molecular complexity index is 242. The number of thioether (sulfide) groups is 1. The molecule has 13 heavy (non-hydrogen) atoms. The van der Waals surface area contributed by atoms with Crippen LogP contribution in [0.25, 0.3) is 0 Å². The Morgan fingerprint density at radius 1 is 1.23 bits per heavy atom. The summed E-state index contributed by atoms with van der Waals surface area (Å²) in [5.41, 5.74) is 0. The van der Waals surface area contributed by atoms with Crippen LogP contribution in [0.4, 0.5) is 0 Å². The monoisotopic (exact) mass is 194 g/mol. The van der Waals surface area contributed by atoms with Gasteiger partial charge in [-0.05, 0) is 25.0 Å². The Labute approximate surface area is 83.5 Å². The Hall–Kier alpha value is -0.470. The first kappa shape index (κ1) is 9.10. The summed E-state index contributed by atoms with van der Waals surface area (Å²) in [7, 11) is 0. The molecule has 1 aliphatic heterocycles. The fourth-order valence-corrected chi connectivity index (χ4v) is 2.64. The minimum Gasteiger partial charge on any atom is -0.380 e. The van der Waals surface area contributed by atoms with E-state index in [1.165, 1.54) is 17.7 Å². The summed E-state index contributed by atoms with van der Waals surface area (Å²) < 4.78 is 5.43. The first-order valence-corrected chi connectivity index (χ1v) is 5.62. The van der Waals surface area contributed by atoms with Crippen LogP contribution >= 0.6 is 11.8 Å². The van der Waals surface area contributed by atoms with E-state index in [0.717, 1.165) is 13.2 Å². The van der Waals surface area contributed by atoms with Crippen molar-refractivity contribution in [1.29, 1.82) is 0 Å². The fraction of sp³-hybridized carbons (Fsp3) is 0.455. The summed E-state index contributed by atoms with van der Waals surface area (Å²) in [4.78, 5) is 1.36. The molecule has 1 fully saturated rings. The third-order valence-electron chi connectivity index (χ3n) is 2.16. The lowest BCUT2D eigenvalue weighted by Crippen LogP contribution is -2.18. The average molecular weight is 194 g/mol. The first-order chi connectivity index (χ1) is 6.45. The molecule has 2 rings (SSSR count). The van der Waals surface area contributed by atoms with Crippen molar-refractivity contribution in [3.63, 3.8) is 0 Å². The summed E-state index contributed by atoms with van der Waals surface area (Å²) in [6.45, 7) is 1.87. The number of ether oxygens (including phenoxy) is 1. The highest BCUT2D eigenvalue weighted by atomic mass is 32.2. The molecule has 2 heteroatoms. The molecule has 0 saturated carbocycles. The molecular weight excluding hydrogens is 180 g/mol. The van der Waals surface area contributed by atoms with E-state index in [0.29, 0.717) is 5.25 Å². The van der Waals surface area contributed by atoms with Gasteiger partial charge in [-0.3, -0.25) is 0 Å². The van der Waals surface area contributed by atoms with E-state index in [1.807, 2.05) is 11.8 Å². The van der Waals surface area contributed by atoms with Crippen LogP contribution in [0, 0.1) is 0 Å². The molecule has 1 aromatic rings. The van der Waals surface area contributed by atoms with Crippen LogP contribution in [-0.4, -0.2) is 18.5 Å². The van der Waals surface area contributed by atoms with Crippen LogP contribution in [0.5, 0.6) is 0 Å². The molecule has 1 saturated heterocycles. The van der Waals surface area contributed by atoms with Crippen LogP contribution in [0.1, 0.15) is 12.8 Å². The van der Waals surface area contributed by atoms with Crippen molar-refractivity contribution in [3.8, 4) is 0 Å². The lowest BCUT2D eigenvalue weighted by Gasteiger charge is -2.21. The maximum Gasteiger partial charge on any atom is 0.0588 e. The van der Waals surface area contributed by atoms with Gasteiger partial charge in [-0.15, -0.1) is 11.8 Å². The lowest BCUT2D eigenvalue weighted by atomic mass is 10.2. The van der Waals surface area contributed by atoms with Gasteiger partial charge in [-0.25, -0.2) is 0 Å². The molecule has 1 aliphatic rings. The molecule has 0 spiro atoms. The molecule has 0 radical (unpaired) electrons. The van der Waals surface area contributed by atoms with Crippen molar-refractivity contribution in [1.82, 2.24) is 0 Å². The Morgan fingerprint density at radius 3 is 2.77 bits per heavy atom. The van der Waals surface area contributed by atoms with E-state index in [2.05, 4.69) is 30.3 Å². The predicted molar refractivity (Wildman–Crippen MR) is 56.1 cm³/mol. The SMILES string of the molecule is c1ccc(SC2CCCOC2)cc1. The Balaban J connectivity index is 1.90. The zero-order valence-electron chi connectivity index (χ0n) is 7.61. The molecule has 0 N–H and O–H groups in total. The van der Waals surface area contributed by atoms with Gasteiger partial charge in [0, 0.05) is 16.8 Å². The van der Waals surface area contributed by atoms with Gasteiger partial charge in [0.1, 0.15) is 0 Å². The molecule has 1 aromatic carbocycles. The van der Waals surface area contributed by atoms with Crippen LogP contribution < -0.4 is 0 Å². The van der Waals surface area contributed by atoms with E-state index < -0.39 is 0 Å². The van der Waals surface area contributed by atoms with Gasteiger partial charge in [0.2, 0.25) is 0 Å². The molecule has 1 nitrogen and oxygen atoms in total. The van der Waals surface area contributed by atoms with Gasteiger partial charge in [-0.1, -0.05) is 18.2 Å². The summed E-state index contributed by atoms with van der Waals surface area (Å²) in [6.07, 6.45) is 2.50. The Morgan fingerprint density at radius 2 is 2.08 bits per heavy atom. The maximum atomic E-state index is 5.43. The summed E-state index contributed by atoms with van der Waals surface area (Å²) >= 11 is 1.94. The highest BCUT2D eigenvalue weighted by Gasteiger charge is 2.14. The normalized spacial score (nSPS) is 22.9. The maximum absolute atomic E-state index is 5.43. The van der Waals surface area contributed by atoms with Crippen LogP contribution in [0.2, 0.25) is 0 Å².